The van der Waals surface area contributed by atoms with Gasteiger partial charge in [0, 0.05) is 18.7 Å². The van der Waals surface area contributed by atoms with E-state index in [0.717, 1.165) is 31.1 Å². The molecule has 0 amide bonds. The Bertz CT molecular complexity index is 480. The van der Waals surface area contributed by atoms with Gasteiger partial charge in [-0.2, -0.15) is 0 Å². The number of carbonyl (C=O) groups excluding carboxylic acids is 1. The van der Waals surface area contributed by atoms with E-state index in [4.69, 9.17) is 9.84 Å². The van der Waals surface area contributed by atoms with E-state index in [0.29, 0.717) is 24.1 Å². The number of nitrogens with zero attached hydrogens (tertiary/aromatic N) is 1. The van der Waals surface area contributed by atoms with Crippen LogP contribution in [0.25, 0.3) is 0 Å². The summed E-state index contributed by atoms with van der Waals surface area (Å²) in [6.45, 7) is 0. The summed E-state index contributed by atoms with van der Waals surface area (Å²) in [6, 6.07) is 3.67. The van der Waals surface area contributed by atoms with E-state index in [2.05, 4.69) is 4.98 Å². The first-order chi connectivity index (χ1) is 10.1. The van der Waals surface area contributed by atoms with Crippen molar-refractivity contribution in [2.24, 2.45) is 11.8 Å². The summed E-state index contributed by atoms with van der Waals surface area (Å²) in [4.78, 5) is 25.7. The number of aldehydes is 1. The molecule has 5 heteroatoms. The van der Waals surface area contributed by atoms with E-state index in [-0.39, 0.29) is 12.3 Å². The second kappa shape index (κ2) is 7.20. The molecular formula is C16H21NO4. The van der Waals surface area contributed by atoms with Crippen molar-refractivity contribution in [3.05, 3.63) is 23.9 Å². The van der Waals surface area contributed by atoms with Gasteiger partial charge in [-0.3, -0.25) is 4.79 Å². The molecule has 1 aliphatic rings. The largest absolute Gasteiger partial charge is 0.481 e. The van der Waals surface area contributed by atoms with Crippen LogP contribution in [-0.4, -0.2) is 29.5 Å². The van der Waals surface area contributed by atoms with Crippen LogP contribution in [-0.2, 0) is 9.59 Å². The number of aliphatic carboxylic acids is 1. The molecule has 0 spiro atoms. The second-order valence-electron chi connectivity index (χ2n) is 5.68. The van der Waals surface area contributed by atoms with Gasteiger partial charge in [-0.15, -0.1) is 0 Å². The van der Waals surface area contributed by atoms with Gasteiger partial charge in [-0.25, -0.2) is 4.98 Å². The third kappa shape index (κ3) is 4.03. The standard InChI is InChI=1S/C16H21NO4/c1-21-15-5-4-12(10-17-15)14(9-16(19)20)13-7-11(8-13)3-2-6-18/h4-6,10-11,13-14H,2-3,7-9H2,1H3,(H,19,20). The van der Waals surface area contributed by atoms with Crippen LogP contribution in [0, 0.1) is 11.8 Å². The Labute approximate surface area is 124 Å². The summed E-state index contributed by atoms with van der Waals surface area (Å²) >= 11 is 0. The predicted octanol–water partition coefficient (Wildman–Crippen LogP) is 2.65. The lowest BCUT2D eigenvalue weighted by molar-refractivity contribution is -0.138. The summed E-state index contributed by atoms with van der Waals surface area (Å²) in [7, 11) is 1.56. The molecule has 1 fully saturated rings. The van der Waals surface area contributed by atoms with Gasteiger partial charge in [0.05, 0.1) is 13.5 Å². The van der Waals surface area contributed by atoms with E-state index >= 15 is 0 Å². The summed E-state index contributed by atoms with van der Waals surface area (Å²) < 4.78 is 5.03. The van der Waals surface area contributed by atoms with Crippen LogP contribution in [0.3, 0.4) is 0 Å². The first-order valence-electron chi connectivity index (χ1n) is 7.29. The Kier molecular flexibility index (Phi) is 5.31. The lowest BCUT2D eigenvalue weighted by Gasteiger charge is -2.40. The van der Waals surface area contributed by atoms with Crippen molar-refractivity contribution in [1.82, 2.24) is 4.98 Å². The van der Waals surface area contributed by atoms with Gasteiger partial charge in [-0.05, 0) is 42.6 Å². The highest BCUT2D eigenvalue weighted by Crippen LogP contribution is 2.46. The Morgan fingerprint density at radius 3 is 2.81 bits per heavy atom. The van der Waals surface area contributed by atoms with Crippen LogP contribution in [0.5, 0.6) is 5.88 Å². The number of hydrogen-bond acceptors (Lipinski definition) is 4. The highest BCUT2D eigenvalue weighted by atomic mass is 16.5. The maximum Gasteiger partial charge on any atom is 0.303 e. The Hall–Kier alpha value is -1.91. The first kappa shape index (κ1) is 15.5. The fourth-order valence-electron chi connectivity index (χ4n) is 3.13. The molecule has 1 aliphatic carbocycles. The molecule has 1 N–H and O–H groups in total. The molecule has 114 valence electrons. The molecule has 1 atom stereocenters. The molecule has 0 saturated heterocycles. The van der Waals surface area contributed by atoms with E-state index in [9.17, 15) is 9.59 Å². The van der Waals surface area contributed by atoms with Crippen molar-refractivity contribution < 1.29 is 19.4 Å². The van der Waals surface area contributed by atoms with Crippen molar-refractivity contribution >= 4 is 12.3 Å². The number of carboxylic acid groups (broad SMARTS) is 1. The molecule has 1 unspecified atom stereocenters. The third-order valence-electron chi connectivity index (χ3n) is 4.33. The normalized spacial score (nSPS) is 22.1. The molecule has 2 rings (SSSR count). The van der Waals surface area contributed by atoms with E-state index in [1.54, 1.807) is 19.4 Å². The monoisotopic (exact) mass is 291 g/mol. The molecule has 1 heterocycles. The number of rotatable bonds is 8. The van der Waals surface area contributed by atoms with E-state index in [1.807, 2.05) is 6.07 Å². The Morgan fingerprint density at radius 1 is 1.52 bits per heavy atom. The van der Waals surface area contributed by atoms with E-state index in [1.165, 1.54) is 0 Å². The summed E-state index contributed by atoms with van der Waals surface area (Å²) in [5.74, 6) is 0.668. The summed E-state index contributed by atoms with van der Waals surface area (Å²) in [5.41, 5.74) is 0.956. The number of aromatic nitrogens is 1. The minimum absolute atomic E-state index is 0.00612. The highest BCUT2D eigenvalue weighted by Gasteiger charge is 2.36. The molecule has 1 aromatic rings. The molecular weight excluding hydrogens is 270 g/mol. The average molecular weight is 291 g/mol. The van der Waals surface area contributed by atoms with Crippen LogP contribution in [0.1, 0.15) is 43.6 Å². The third-order valence-corrected chi connectivity index (χ3v) is 4.33. The average Bonchev–Trinajstić information content (AvgIpc) is 2.44. The molecule has 0 bridgehead atoms. The van der Waals surface area contributed by atoms with Gasteiger partial charge in [-0.1, -0.05) is 6.07 Å². The van der Waals surface area contributed by atoms with Gasteiger partial charge in [0.1, 0.15) is 6.29 Å². The molecule has 0 aliphatic heterocycles. The Morgan fingerprint density at radius 2 is 2.29 bits per heavy atom. The van der Waals surface area contributed by atoms with Crippen LogP contribution in [0.4, 0.5) is 0 Å². The first-order valence-corrected chi connectivity index (χ1v) is 7.29. The predicted molar refractivity (Wildman–Crippen MR) is 77.3 cm³/mol. The number of carboxylic acids is 1. The number of pyridine rings is 1. The van der Waals surface area contributed by atoms with Gasteiger partial charge in [0.15, 0.2) is 0 Å². The summed E-state index contributed by atoms with van der Waals surface area (Å²) in [6.07, 6.45) is 6.31. The van der Waals surface area contributed by atoms with Gasteiger partial charge >= 0.3 is 5.97 Å². The van der Waals surface area contributed by atoms with Crippen molar-refractivity contribution in [2.45, 2.75) is 38.0 Å². The molecule has 0 aromatic carbocycles. The maximum absolute atomic E-state index is 11.1. The quantitative estimate of drug-likeness (QED) is 0.745. The zero-order valence-electron chi connectivity index (χ0n) is 12.2. The topological polar surface area (TPSA) is 76.5 Å². The van der Waals surface area contributed by atoms with Crippen molar-refractivity contribution in [3.63, 3.8) is 0 Å². The van der Waals surface area contributed by atoms with Gasteiger partial charge in [0.2, 0.25) is 5.88 Å². The van der Waals surface area contributed by atoms with Crippen molar-refractivity contribution in [3.8, 4) is 5.88 Å². The van der Waals surface area contributed by atoms with Crippen molar-refractivity contribution in [2.75, 3.05) is 7.11 Å². The number of ether oxygens (including phenoxy) is 1. The second-order valence-corrected chi connectivity index (χ2v) is 5.68. The Balaban J connectivity index is 2.01. The zero-order valence-corrected chi connectivity index (χ0v) is 12.2. The minimum atomic E-state index is -0.785. The zero-order chi connectivity index (χ0) is 15.2. The molecule has 5 nitrogen and oxygen atoms in total. The van der Waals surface area contributed by atoms with Crippen LogP contribution < -0.4 is 4.74 Å². The fourth-order valence-corrected chi connectivity index (χ4v) is 3.13. The van der Waals surface area contributed by atoms with Gasteiger partial charge in [0.25, 0.3) is 0 Å². The van der Waals surface area contributed by atoms with Crippen LogP contribution in [0.15, 0.2) is 18.3 Å². The van der Waals surface area contributed by atoms with Gasteiger partial charge < -0.3 is 14.6 Å². The molecule has 1 aromatic heterocycles. The molecule has 21 heavy (non-hydrogen) atoms. The smallest absolute Gasteiger partial charge is 0.303 e. The number of carbonyl (C=O) groups is 2. The summed E-state index contributed by atoms with van der Waals surface area (Å²) in [5, 5.41) is 9.13. The lowest BCUT2D eigenvalue weighted by atomic mass is 9.65. The SMILES string of the molecule is COc1ccc(C(CC(=O)O)C2CC(CCC=O)C2)cn1. The molecule has 0 radical (unpaired) electrons. The lowest BCUT2D eigenvalue weighted by Crippen LogP contribution is -2.30. The van der Waals surface area contributed by atoms with Crippen LogP contribution >= 0.6 is 0 Å². The number of hydrogen-bond donors (Lipinski definition) is 1. The molecule has 1 saturated carbocycles. The van der Waals surface area contributed by atoms with Crippen LogP contribution in [0.2, 0.25) is 0 Å². The van der Waals surface area contributed by atoms with Crippen molar-refractivity contribution in [1.29, 1.82) is 0 Å². The maximum atomic E-state index is 11.1. The minimum Gasteiger partial charge on any atom is -0.481 e. The highest BCUT2D eigenvalue weighted by molar-refractivity contribution is 5.68. The fraction of sp³-hybridized carbons (Fsp3) is 0.562. The van der Waals surface area contributed by atoms with E-state index < -0.39 is 5.97 Å². The number of methoxy groups -OCH3 is 1.